The normalized spacial score (nSPS) is 17.4. The number of amides is 2. The molecule has 1 saturated heterocycles. The molecule has 4 heteroatoms. The molecular formula is C14H18N2O2. The van der Waals surface area contributed by atoms with Gasteiger partial charge in [0.2, 0.25) is 11.8 Å². The molecule has 1 heterocycles. The van der Waals surface area contributed by atoms with Crippen LogP contribution in [-0.4, -0.2) is 11.8 Å². The first kappa shape index (κ1) is 12.6. The van der Waals surface area contributed by atoms with E-state index in [-0.39, 0.29) is 17.7 Å². The first-order valence-electron chi connectivity index (χ1n) is 6.12. The van der Waals surface area contributed by atoms with Crippen molar-refractivity contribution < 1.29 is 9.59 Å². The Morgan fingerprint density at radius 2 is 1.67 bits per heavy atom. The van der Waals surface area contributed by atoms with Gasteiger partial charge < -0.3 is 5.73 Å². The summed E-state index contributed by atoms with van der Waals surface area (Å²) < 4.78 is 0. The standard InChI is InChI=1S/C14H18N2O2/c1-8-4-13(17)16(14(18)5-8)12-7-11(15)9(2)6-10(12)3/h6-8H,4-5,15H2,1-3H3. The van der Waals surface area contributed by atoms with Crippen LogP contribution in [0.5, 0.6) is 0 Å². The van der Waals surface area contributed by atoms with Crippen LogP contribution in [0, 0.1) is 19.8 Å². The van der Waals surface area contributed by atoms with Crippen LogP contribution in [0.15, 0.2) is 12.1 Å². The van der Waals surface area contributed by atoms with Crippen LogP contribution in [0.3, 0.4) is 0 Å². The van der Waals surface area contributed by atoms with Gasteiger partial charge >= 0.3 is 0 Å². The molecule has 1 aliphatic rings. The fourth-order valence-corrected chi connectivity index (χ4v) is 2.36. The highest BCUT2D eigenvalue weighted by atomic mass is 16.2. The van der Waals surface area contributed by atoms with E-state index in [2.05, 4.69) is 0 Å². The average Bonchev–Trinajstić information content (AvgIpc) is 2.24. The molecule has 0 aromatic heterocycles. The molecule has 2 N–H and O–H groups in total. The van der Waals surface area contributed by atoms with Crippen molar-refractivity contribution in [1.82, 2.24) is 0 Å². The second kappa shape index (κ2) is 4.44. The van der Waals surface area contributed by atoms with Gasteiger partial charge in [-0.2, -0.15) is 0 Å². The number of aryl methyl sites for hydroxylation is 2. The Balaban J connectivity index is 2.45. The Morgan fingerprint density at radius 3 is 2.22 bits per heavy atom. The van der Waals surface area contributed by atoms with Crippen molar-refractivity contribution in [3.63, 3.8) is 0 Å². The summed E-state index contributed by atoms with van der Waals surface area (Å²) >= 11 is 0. The lowest BCUT2D eigenvalue weighted by molar-refractivity contribution is -0.130. The average molecular weight is 246 g/mol. The maximum atomic E-state index is 12.0. The van der Waals surface area contributed by atoms with Crippen molar-refractivity contribution in [2.24, 2.45) is 5.92 Å². The van der Waals surface area contributed by atoms with Gasteiger partial charge in [0.1, 0.15) is 0 Å². The summed E-state index contributed by atoms with van der Waals surface area (Å²) in [6.07, 6.45) is 0.831. The number of hydrogen-bond acceptors (Lipinski definition) is 3. The molecule has 0 radical (unpaired) electrons. The Hall–Kier alpha value is -1.84. The molecule has 4 nitrogen and oxygen atoms in total. The van der Waals surface area contributed by atoms with E-state index in [1.165, 1.54) is 4.90 Å². The van der Waals surface area contributed by atoms with Gasteiger partial charge in [-0.1, -0.05) is 13.0 Å². The number of carbonyl (C=O) groups is 2. The summed E-state index contributed by atoms with van der Waals surface area (Å²) in [4.78, 5) is 25.3. The topological polar surface area (TPSA) is 63.4 Å². The summed E-state index contributed by atoms with van der Waals surface area (Å²) in [5, 5.41) is 0. The summed E-state index contributed by atoms with van der Waals surface area (Å²) in [7, 11) is 0. The van der Waals surface area contributed by atoms with Gasteiger partial charge in [-0.3, -0.25) is 14.5 Å². The fraction of sp³-hybridized carbons (Fsp3) is 0.429. The number of anilines is 2. The predicted octanol–water partition coefficient (Wildman–Crippen LogP) is 2.18. The smallest absolute Gasteiger partial charge is 0.234 e. The molecule has 2 rings (SSSR count). The highest BCUT2D eigenvalue weighted by Gasteiger charge is 2.32. The number of piperidine rings is 1. The van der Waals surface area contributed by atoms with Crippen LogP contribution < -0.4 is 10.6 Å². The second-order valence-corrected chi connectivity index (χ2v) is 5.13. The molecule has 0 bridgehead atoms. The van der Waals surface area contributed by atoms with Crippen molar-refractivity contribution in [1.29, 1.82) is 0 Å². The number of benzene rings is 1. The number of nitrogen functional groups attached to an aromatic ring is 1. The van der Waals surface area contributed by atoms with Crippen LogP contribution in [0.25, 0.3) is 0 Å². The third-order valence-corrected chi connectivity index (χ3v) is 3.37. The number of carbonyl (C=O) groups excluding carboxylic acids is 2. The predicted molar refractivity (Wildman–Crippen MR) is 71.2 cm³/mol. The van der Waals surface area contributed by atoms with Crippen LogP contribution in [0.2, 0.25) is 0 Å². The van der Waals surface area contributed by atoms with Gasteiger partial charge in [-0.25, -0.2) is 0 Å². The van der Waals surface area contributed by atoms with E-state index >= 15 is 0 Å². The molecule has 96 valence electrons. The molecule has 0 aliphatic carbocycles. The SMILES string of the molecule is Cc1cc(C)c(N2C(=O)CC(C)CC2=O)cc1N. The number of nitrogens with two attached hydrogens (primary N) is 1. The minimum Gasteiger partial charge on any atom is -0.398 e. The van der Waals surface area contributed by atoms with E-state index < -0.39 is 0 Å². The Morgan fingerprint density at radius 1 is 1.11 bits per heavy atom. The van der Waals surface area contributed by atoms with Crippen molar-refractivity contribution in [2.45, 2.75) is 33.6 Å². The molecule has 1 aromatic carbocycles. The summed E-state index contributed by atoms with van der Waals surface area (Å²) in [5.74, 6) is -0.139. The quantitative estimate of drug-likeness (QED) is 0.610. The first-order chi connectivity index (χ1) is 8.40. The molecule has 0 saturated carbocycles. The van der Waals surface area contributed by atoms with Crippen LogP contribution in [0.4, 0.5) is 11.4 Å². The Bertz CT molecular complexity index is 505. The third kappa shape index (κ3) is 2.10. The molecule has 0 unspecified atom stereocenters. The van der Waals surface area contributed by atoms with Gasteiger partial charge in [-0.05, 0) is 37.0 Å². The molecule has 1 aromatic rings. The van der Waals surface area contributed by atoms with Gasteiger partial charge in [0.25, 0.3) is 0 Å². The monoisotopic (exact) mass is 246 g/mol. The van der Waals surface area contributed by atoms with E-state index in [1.54, 1.807) is 6.07 Å². The number of imide groups is 1. The first-order valence-corrected chi connectivity index (χ1v) is 6.12. The molecule has 18 heavy (non-hydrogen) atoms. The molecule has 1 aliphatic heterocycles. The van der Waals surface area contributed by atoms with Crippen molar-refractivity contribution in [3.8, 4) is 0 Å². The van der Waals surface area contributed by atoms with Gasteiger partial charge in [-0.15, -0.1) is 0 Å². The Labute approximate surface area is 107 Å². The fourth-order valence-electron chi connectivity index (χ4n) is 2.36. The molecule has 0 atom stereocenters. The van der Waals surface area contributed by atoms with Crippen LogP contribution in [0.1, 0.15) is 30.9 Å². The van der Waals surface area contributed by atoms with E-state index in [1.807, 2.05) is 26.8 Å². The van der Waals surface area contributed by atoms with E-state index in [0.29, 0.717) is 24.2 Å². The third-order valence-electron chi connectivity index (χ3n) is 3.37. The highest BCUT2D eigenvalue weighted by molar-refractivity contribution is 6.17. The largest absolute Gasteiger partial charge is 0.398 e. The Kier molecular flexibility index (Phi) is 3.11. The van der Waals surface area contributed by atoms with Crippen molar-refractivity contribution >= 4 is 23.2 Å². The summed E-state index contributed by atoms with van der Waals surface area (Å²) in [6, 6.07) is 3.62. The van der Waals surface area contributed by atoms with Gasteiger partial charge in [0, 0.05) is 18.5 Å². The minimum absolute atomic E-state index is 0.129. The summed E-state index contributed by atoms with van der Waals surface area (Å²) in [5.41, 5.74) is 8.96. The highest BCUT2D eigenvalue weighted by Crippen LogP contribution is 2.30. The molecule has 0 spiro atoms. The van der Waals surface area contributed by atoms with E-state index in [4.69, 9.17) is 5.73 Å². The molecular weight excluding hydrogens is 228 g/mol. The lowest BCUT2D eigenvalue weighted by atomic mass is 9.96. The van der Waals surface area contributed by atoms with Crippen LogP contribution >= 0.6 is 0 Å². The lowest BCUT2D eigenvalue weighted by Crippen LogP contribution is -2.43. The number of nitrogens with zero attached hydrogens (tertiary/aromatic N) is 1. The zero-order valence-electron chi connectivity index (χ0n) is 11.0. The molecule has 2 amide bonds. The maximum Gasteiger partial charge on any atom is 0.234 e. The number of rotatable bonds is 1. The lowest BCUT2D eigenvalue weighted by Gasteiger charge is -2.29. The maximum absolute atomic E-state index is 12.0. The number of hydrogen-bond donors (Lipinski definition) is 1. The van der Waals surface area contributed by atoms with Crippen molar-refractivity contribution in [2.75, 3.05) is 10.6 Å². The van der Waals surface area contributed by atoms with Crippen LogP contribution in [-0.2, 0) is 9.59 Å². The zero-order chi connectivity index (χ0) is 13.4. The minimum atomic E-state index is -0.134. The van der Waals surface area contributed by atoms with E-state index in [0.717, 1.165) is 11.1 Å². The zero-order valence-corrected chi connectivity index (χ0v) is 11.0. The van der Waals surface area contributed by atoms with Gasteiger partial charge in [0.05, 0.1) is 5.69 Å². The van der Waals surface area contributed by atoms with Crippen molar-refractivity contribution in [3.05, 3.63) is 23.3 Å². The molecule has 1 fully saturated rings. The summed E-state index contributed by atoms with van der Waals surface area (Å²) in [6.45, 7) is 5.72. The van der Waals surface area contributed by atoms with Gasteiger partial charge in [0.15, 0.2) is 0 Å². The van der Waals surface area contributed by atoms with E-state index in [9.17, 15) is 9.59 Å². The second-order valence-electron chi connectivity index (χ2n) is 5.13.